The molecule has 0 aliphatic rings. The summed E-state index contributed by atoms with van der Waals surface area (Å²) in [4.78, 5) is 33.8. The van der Waals surface area contributed by atoms with Crippen molar-refractivity contribution >= 4 is 23.6 Å². The van der Waals surface area contributed by atoms with E-state index in [-0.39, 0.29) is 18.1 Å². The minimum Gasteiger partial charge on any atom is -0.478 e. The first kappa shape index (κ1) is 16.4. The molecule has 7 nitrogen and oxygen atoms in total. The van der Waals surface area contributed by atoms with E-state index in [1.165, 1.54) is 12.1 Å². The second kappa shape index (κ2) is 7.83. The fourth-order valence-corrected chi connectivity index (χ4v) is 1.50. The average molecular weight is 297 g/mol. The van der Waals surface area contributed by atoms with Gasteiger partial charge in [0.1, 0.15) is 11.4 Å². The number of urea groups is 1. The van der Waals surface area contributed by atoms with Crippen LogP contribution in [0.1, 0.15) is 23.7 Å². The Morgan fingerprint density at radius 3 is 2.57 bits per heavy atom. The van der Waals surface area contributed by atoms with Gasteiger partial charge >= 0.3 is 12.0 Å². The van der Waals surface area contributed by atoms with Crippen LogP contribution in [0.2, 0.25) is 0 Å². The van der Waals surface area contributed by atoms with Crippen molar-refractivity contribution in [3.8, 4) is 0 Å². The second-order valence-corrected chi connectivity index (χ2v) is 4.13. The van der Waals surface area contributed by atoms with Crippen LogP contribution in [-0.2, 0) is 4.79 Å². The lowest BCUT2D eigenvalue weighted by Crippen LogP contribution is -2.39. The van der Waals surface area contributed by atoms with E-state index in [1.807, 2.05) is 6.92 Å². The molecule has 0 heterocycles. The number of carbonyl (C=O) groups excluding carboxylic acids is 2. The fraction of sp³-hybridized carbons (Fsp3) is 0.308. The molecular formula is C13H16FN3O4. The number of halogens is 1. The Balaban J connectivity index is 2.62. The summed E-state index contributed by atoms with van der Waals surface area (Å²) in [6, 6.07) is 2.70. The van der Waals surface area contributed by atoms with Gasteiger partial charge in [-0.1, -0.05) is 13.0 Å². The summed E-state index contributed by atoms with van der Waals surface area (Å²) in [5, 5.41) is 15.9. The summed E-state index contributed by atoms with van der Waals surface area (Å²) in [6.45, 7) is 2.12. The van der Waals surface area contributed by atoms with Gasteiger partial charge in [-0.15, -0.1) is 0 Å². The number of benzene rings is 1. The molecule has 0 aliphatic carbocycles. The molecule has 0 spiro atoms. The second-order valence-electron chi connectivity index (χ2n) is 4.13. The third-order valence-electron chi connectivity index (χ3n) is 2.46. The van der Waals surface area contributed by atoms with Gasteiger partial charge in [-0.2, -0.15) is 0 Å². The molecule has 1 rings (SSSR count). The van der Waals surface area contributed by atoms with Crippen molar-refractivity contribution < 1.29 is 23.9 Å². The van der Waals surface area contributed by atoms with Crippen LogP contribution in [0.15, 0.2) is 18.2 Å². The Morgan fingerprint density at radius 1 is 1.24 bits per heavy atom. The molecule has 0 radical (unpaired) electrons. The standard InChI is InChI=1S/C13H16FN3O4/c1-2-6-15-10(18)7-16-13(21)17-9-5-3-4-8(14)11(9)12(19)20/h3-5H,2,6-7H2,1H3,(H,15,18)(H,19,20)(H2,16,17,21). The van der Waals surface area contributed by atoms with Gasteiger partial charge in [0.15, 0.2) is 0 Å². The minimum atomic E-state index is -1.50. The molecule has 0 aliphatic heterocycles. The zero-order valence-corrected chi connectivity index (χ0v) is 11.4. The molecule has 0 fully saturated rings. The van der Waals surface area contributed by atoms with Crippen LogP contribution in [0.4, 0.5) is 14.9 Å². The quantitative estimate of drug-likeness (QED) is 0.632. The maximum absolute atomic E-state index is 13.4. The highest BCUT2D eigenvalue weighted by Crippen LogP contribution is 2.18. The van der Waals surface area contributed by atoms with E-state index in [0.29, 0.717) is 6.54 Å². The van der Waals surface area contributed by atoms with Gasteiger partial charge in [-0.3, -0.25) is 4.79 Å². The van der Waals surface area contributed by atoms with Gasteiger partial charge < -0.3 is 21.1 Å². The third-order valence-corrected chi connectivity index (χ3v) is 2.46. The van der Waals surface area contributed by atoms with Crippen molar-refractivity contribution in [2.45, 2.75) is 13.3 Å². The summed E-state index contributed by atoms with van der Waals surface area (Å²) in [7, 11) is 0. The molecule has 0 saturated carbocycles. The van der Waals surface area contributed by atoms with Crippen molar-refractivity contribution in [3.63, 3.8) is 0 Å². The first-order chi connectivity index (χ1) is 9.95. The largest absolute Gasteiger partial charge is 0.478 e. The van der Waals surface area contributed by atoms with Crippen LogP contribution in [0.25, 0.3) is 0 Å². The number of carboxylic acids is 1. The average Bonchev–Trinajstić information content (AvgIpc) is 2.42. The maximum atomic E-state index is 13.4. The first-order valence-electron chi connectivity index (χ1n) is 6.29. The van der Waals surface area contributed by atoms with Crippen molar-refractivity contribution in [2.24, 2.45) is 0 Å². The number of rotatable bonds is 6. The number of carboxylic acid groups (broad SMARTS) is 1. The molecule has 0 saturated heterocycles. The van der Waals surface area contributed by atoms with E-state index >= 15 is 0 Å². The summed E-state index contributed by atoms with van der Waals surface area (Å²) in [5.74, 6) is -2.82. The van der Waals surface area contributed by atoms with Crippen LogP contribution in [0.5, 0.6) is 0 Å². The summed E-state index contributed by atoms with van der Waals surface area (Å²) in [5.41, 5.74) is -0.822. The van der Waals surface area contributed by atoms with E-state index < -0.39 is 23.4 Å². The zero-order valence-electron chi connectivity index (χ0n) is 11.4. The lowest BCUT2D eigenvalue weighted by atomic mass is 10.1. The molecule has 4 N–H and O–H groups in total. The highest BCUT2D eigenvalue weighted by Gasteiger charge is 2.17. The summed E-state index contributed by atoms with van der Waals surface area (Å²) >= 11 is 0. The number of carbonyl (C=O) groups is 3. The predicted octanol–water partition coefficient (Wildman–Crippen LogP) is 1.17. The Labute approximate surface area is 120 Å². The SMILES string of the molecule is CCCNC(=O)CNC(=O)Nc1cccc(F)c1C(=O)O. The molecule has 21 heavy (non-hydrogen) atoms. The number of nitrogens with one attached hydrogen (secondary N) is 3. The number of anilines is 1. The molecule has 8 heteroatoms. The van der Waals surface area contributed by atoms with E-state index in [4.69, 9.17) is 5.11 Å². The highest BCUT2D eigenvalue weighted by atomic mass is 19.1. The normalized spacial score (nSPS) is 9.81. The molecule has 1 aromatic carbocycles. The number of aromatic carboxylic acids is 1. The van der Waals surface area contributed by atoms with Crippen LogP contribution >= 0.6 is 0 Å². The first-order valence-corrected chi connectivity index (χ1v) is 6.29. The highest BCUT2D eigenvalue weighted by molar-refractivity contribution is 6.00. The topological polar surface area (TPSA) is 108 Å². The van der Waals surface area contributed by atoms with Crippen molar-refractivity contribution in [3.05, 3.63) is 29.6 Å². The van der Waals surface area contributed by atoms with Crippen molar-refractivity contribution in [2.75, 3.05) is 18.4 Å². The molecule has 0 unspecified atom stereocenters. The van der Waals surface area contributed by atoms with Crippen molar-refractivity contribution in [1.82, 2.24) is 10.6 Å². The molecule has 3 amide bonds. The lowest BCUT2D eigenvalue weighted by Gasteiger charge is -2.10. The molecule has 0 aromatic heterocycles. The molecule has 0 bridgehead atoms. The van der Waals surface area contributed by atoms with Gasteiger partial charge in [-0.05, 0) is 18.6 Å². The molecule has 0 atom stereocenters. The smallest absolute Gasteiger partial charge is 0.340 e. The number of hydrogen-bond donors (Lipinski definition) is 4. The predicted molar refractivity (Wildman–Crippen MR) is 73.7 cm³/mol. The molecule has 1 aromatic rings. The Morgan fingerprint density at radius 2 is 1.95 bits per heavy atom. The van der Waals surface area contributed by atoms with E-state index in [9.17, 15) is 18.8 Å². The minimum absolute atomic E-state index is 0.186. The van der Waals surface area contributed by atoms with E-state index in [1.54, 1.807) is 0 Å². The van der Waals surface area contributed by atoms with Gasteiger partial charge in [0, 0.05) is 6.54 Å². The summed E-state index contributed by atoms with van der Waals surface area (Å²) in [6.07, 6.45) is 0.767. The van der Waals surface area contributed by atoms with Crippen LogP contribution in [0, 0.1) is 5.82 Å². The van der Waals surface area contributed by atoms with Gasteiger partial charge in [0.2, 0.25) is 5.91 Å². The Hall–Kier alpha value is -2.64. The summed E-state index contributed by atoms with van der Waals surface area (Å²) < 4.78 is 13.4. The zero-order chi connectivity index (χ0) is 15.8. The van der Waals surface area contributed by atoms with E-state index in [2.05, 4.69) is 16.0 Å². The van der Waals surface area contributed by atoms with Gasteiger partial charge in [0.05, 0.1) is 12.2 Å². The van der Waals surface area contributed by atoms with Crippen LogP contribution in [0.3, 0.4) is 0 Å². The maximum Gasteiger partial charge on any atom is 0.340 e. The Kier molecular flexibility index (Phi) is 6.12. The number of amides is 3. The van der Waals surface area contributed by atoms with Gasteiger partial charge in [-0.25, -0.2) is 14.0 Å². The third kappa shape index (κ3) is 5.09. The van der Waals surface area contributed by atoms with Crippen LogP contribution < -0.4 is 16.0 Å². The Bertz CT molecular complexity index is 548. The molecular weight excluding hydrogens is 281 g/mol. The van der Waals surface area contributed by atoms with Gasteiger partial charge in [0.25, 0.3) is 0 Å². The number of hydrogen-bond acceptors (Lipinski definition) is 3. The van der Waals surface area contributed by atoms with Crippen LogP contribution in [-0.4, -0.2) is 36.1 Å². The fourth-order valence-electron chi connectivity index (χ4n) is 1.50. The lowest BCUT2D eigenvalue weighted by molar-refractivity contribution is -0.120. The van der Waals surface area contributed by atoms with Crippen molar-refractivity contribution in [1.29, 1.82) is 0 Å². The monoisotopic (exact) mass is 297 g/mol. The van der Waals surface area contributed by atoms with E-state index in [0.717, 1.165) is 12.5 Å². The molecule has 114 valence electrons.